The fraction of sp³-hybridized carbons (Fsp3) is 0. The fourth-order valence-electron chi connectivity index (χ4n) is 1.95. The van der Waals surface area contributed by atoms with Gasteiger partial charge in [0.2, 0.25) is 5.95 Å². The van der Waals surface area contributed by atoms with E-state index in [1.54, 1.807) is 18.2 Å². The molecule has 0 aliphatic rings. The number of thiazole rings is 1. The minimum absolute atomic E-state index is 0.539. The molecule has 106 valence electrons. The number of benzene rings is 1. The molecule has 0 aliphatic carbocycles. The van der Waals surface area contributed by atoms with Crippen LogP contribution in [0.5, 0.6) is 0 Å². The number of nitrogens with zero attached hydrogens (tertiary/aromatic N) is 2. The smallest absolute Gasteiger partial charge is 0.213 e. The molecule has 4 nitrogen and oxygen atoms in total. The predicted molar refractivity (Wildman–Crippen MR) is 83.6 cm³/mol. The van der Waals surface area contributed by atoms with Crippen molar-refractivity contribution < 1.29 is 4.39 Å². The van der Waals surface area contributed by atoms with Gasteiger partial charge >= 0.3 is 0 Å². The van der Waals surface area contributed by atoms with Gasteiger partial charge in [0.05, 0.1) is 10.6 Å². The number of nitrogen functional groups attached to an aromatic ring is 1. The summed E-state index contributed by atoms with van der Waals surface area (Å²) in [5.74, 6) is 4.89. The maximum atomic E-state index is 13.4. The van der Waals surface area contributed by atoms with E-state index < -0.39 is 5.95 Å². The average Bonchev–Trinajstić information content (AvgIpc) is 2.91. The standard InChI is InChI=1S/C14H10ClFN4S/c15-10-3-1-2-8(6-10)12-13(21-14(19-12)20-17)9-4-5-18-11(16)7-9/h1-7H,17H2,(H,19,20). The molecule has 1 aromatic carbocycles. The van der Waals surface area contributed by atoms with Gasteiger partial charge in [0, 0.05) is 28.4 Å². The maximum absolute atomic E-state index is 13.4. The van der Waals surface area contributed by atoms with Gasteiger partial charge in [-0.15, -0.1) is 0 Å². The normalized spacial score (nSPS) is 10.6. The largest absolute Gasteiger partial charge is 0.300 e. The number of hydrogen-bond donors (Lipinski definition) is 2. The Labute approximate surface area is 129 Å². The highest BCUT2D eigenvalue weighted by Crippen LogP contribution is 2.39. The molecule has 0 fully saturated rings. The third-order valence-corrected chi connectivity index (χ3v) is 4.11. The Kier molecular flexibility index (Phi) is 3.83. The van der Waals surface area contributed by atoms with Gasteiger partial charge in [-0.1, -0.05) is 35.1 Å². The van der Waals surface area contributed by atoms with Gasteiger partial charge in [-0.2, -0.15) is 4.39 Å². The van der Waals surface area contributed by atoms with Crippen LogP contribution in [0.1, 0.15) is 0 Å². The van der Waals surface area contributed by atoms with Crippen LogP contribution in [-0.4, -0.2) is 9.97 Å². The number of halogens is 2. The summed E-state index contributed by atoms with van der Waals surface area (Å²) >= 11 is 7.36. The van der Waals surface area contributed by atoms with E-state index in [-0.39, 0.29) is 0 Å². The second kappa shape index (κ2) is 5.77. The second-order valence-corrected chi connectivity index (χ2v) is 5.65. The highest BCUT2D eigenvalue weighted by Gasteiger charge is 2.15. The van der Waals surface area contributed by atoms with Gasteiger partial charge in [0.1, 0.15) is 0 Å². The Morgan fingerprint density at radius 1 is 1.19 bits per heavy atom. The lowest BCUT2D eigenvalue weighted by molar-refractivity contribution is 0.584. The number of pyridine rings is 1. The molecule has 0 bridgehead atoms. The van der Waals surface area contributed by atoms with Crippen molar-refractivity contribution >= 4 is 28.1 Å². The lowest BCUT2D eigenvalue weighted by Crippen LogP contribution is -2.05. The number of aromatic nitrogens is 2. The van der Waals surface area contributed by atoms with Crippen molar-refractivity contribution in [3.05, 3.63) is 53.6 Å². The van der Waals surface area contributed by atoms with E-state index in [0.29, 0.717) is 21.4 Å². The molecule has 21 heavy (non-hydrogen) atoms. The van der Waals surface area contributed by atoms with Crippen LogP contribution in [0, 0.1) is 5.95 Å². The number of rotatable bonds is 3. The van der Waals surface area contributed by atoms with Crippen molar-refractivity contribution in [2.75, 3.05) is 5.43 Å². The van der Waals surface area contributed by atoms with E-state index in [1.165, 1.54) is 23.6 Å². The monoisotopic (exact) mass is 320 g/mol. The summed E-state index contributed by atoms with van der Waals surface area (Å²) in [6.07, 6.45) is 1.42. The van der Waals surface area contributed by atoms with E-state index in [4.69, 9.17) is 17.4 Å². The van der Waals surface area contributed by atoms with Gasteiger partial charge in [-0.3, -0.25) is 5.43 Å². The number of anilines is 1. The minimum atomic E-state index is -0.541. The van der Waals surface area contributed by atoms with E-state index in [1.807, 2.05) is 12.1 Å². The molecule has 7 heteroatoms. The molecule has 0 unspecified atom stereocenters. The first-order chi connectivity index (χ1) is 10.2. The van der Waals surface area contributed by atoms with Gasteiger partial charge in [0.15, 0.2) is 5.13 Å². The van der Waals surface area contributed by atoms with E-state index in [9.17, 15) is 4.39 Å². The van der Waals surface area contributed by atoms with Crippen LogP contribution in [0.4, 0.5) is 9.52 Å². The number of hydrogen-bond acceptors (Lipinski definition) is 5. The molecular weight excluding hydrogens is 311 g/mol. The molecule has 0 saturated carbocycles. The highest BCUT2D eigenvalue weighted by molar-refractivity contribution is 7.19. The van der Waals surface area contributed by atoms with Gasteiger partial charge in [-0.25, -0.2) is 15.8 Å². The summed E-state index contributed by atoms with van der Waals surface area (Å²) in [6.45, 7) is 0. The zero-order valence-electron chi connectivity index (χ0n) is 10.7. The minimum Gasteiger partial charge on any atom is -0.300 e. The van der Waals surface area contributed by atoms with Crippen LogP contribution in [0.2, 0.25) is 5.02 Å². The van der Waals surface area contributed by atoms with Crippen LogP contribution in [0.15, 0.2) is 42.6 Å². The molecule has 3 rings (SSSR count). The molecule has 0 amide bonds. The summed E-state index contributed by atoms with van der Waals surface area (Å²) in [5, 5.41) is 1.15. The first-order valence-electron chi connectivity index (χ1n) is 6.02. The van der Waals surface area contributed by atoms with Crippen molar-refractivity contribution in [2.45, 2.75) is 0 Å². The molecule has 2 heterocycles. The van der Waals surface area contributed by atoms with Gasteiger partial charge in [0.25, 0.3) is 0 Å². The average molecular weight is 321 g/mol. The lowest BCUT2D eigenvalue weighted by atomic mass is 10.1. The van der Waals surface area contributed by atoms with Crippen LogP contribution in [0.3, 0.4) is 0 Å². The maximum Gasteiger partial charge on any atom is 0.213 e. The van der Waals surface area contributed by atoms with Crippen LogP contribution < -0.4 is 11.3 Å². The van der Waals surface area contributed by atoms with E-state index >= 15 is 0 Å². The predicted octanol–water partition coefficient (Wildman–Crippen LogP) is 3.95. The second-order valence-electron chi connectivity index (χ2n) is 4.22. The Balaban J connectivity index is 2.18. The Morgan fingerprint density at radius 2 is 2.05 bits per heavy atom. The topological polar surface area (TPSA) is 63.8 Å². The summed E-state index contributed by atoms with van der Waals surface area (Å²) in [5.41, 5.74) is 4.75. The Hall–Kier alpha value is -2.02. The van der Waals surface area contributed by atoms with E-state index in [0.717, 1.165) is 10.4 Å². The number of hydrazine groups is 1. The molecule has 3 N–H and O–H groups in total. The van der Waals surface area contributed by atoms with Crippen molar-refractivity contribution in [2.24, 2.45) is 5.84 Å². The molecule has 0 radical (unpaired) electrons. The summed E-state index contributed by atoms with van der Waals surface area (Å²) < 4.78 is 13.4. The molecule has 0 atom stereocenters. The van der Waals surface area contributed by atoms with Crippen LogP contribution in [0.25, 0.3) is 21.7 Å². The zero-order chi connectivity index (χ0) is 14.8. The molecule has 3 aromatic rings. The van der Waals surface area contributed by atoms with Crippen molar-refractivity contribution in [1.29, 1.82) is 0 Å². The first kappa shape index (κ1) is 13.9. The molecule has 0 aliphatic heterocycles. The Bertz CT molecular complexity index is 727. The first-order valence-corrected chi connectivity index (χ1v) is 7.22. The SMILES string of the molecule is NNc1nc(-c2cccc(Cl)c2)c(-c2ccnc(F)c2)s1. The van der Waals surface area contributed by atoms with Crippen molar-refractivity contribution in [3.8, 4) is 21.7 Å². The van der Waals surface area contributed by atoms with E-state index in [2.05, 4.69) is 15.4 Å². The molecule has 2 aromatic heterocycles. The number of nitrogens with one attached hydrogen (secondary N) is 1. The van der Waals surface area contributed by atoms with Crippen LogP contribution >= 0.6 is 22.9 Å². The summed E-state index contributed by atoms with van der Waals surface area (Å²) in [6, 6.07) is 10.4. The lowest BCUT2D eigenvalue weighted by Gasteiger charge is -2.03. The van der Waals surface area contributed by atoms with Gasteiger partial charge < -0.3 is 0 Å². The third-order valence-electron chi connectivity index (χ3n) is 2.84. The summed E-state index contributed by atoms with van der Waals surface area (Å²) in [7, 11) is 0. The zero-order valence-corrected chi connectivity index (χ0v) is 12.2. The fourth-order valence-corrected chi connectivity index (χ4v) is 3.04. The summed E-state index contributed by atoms with van der Waals surface area (Å²) in [4.78, 5) is 8.79. The quantitative estimate of drug-likeness (QED) is 0.436. The number of nitrogens with two attached hydrogens (primary N) is 1. The van der Waals surface area contributed by atoms with Gasteiger partial charge in [-0.05, 0) is 18.2 Å². The highest BCUT2D eigenvalue weighted by atomic mass is 35.5. The molecular formula is C14H10ClFN4S. The Morgan fingerprint density at radius 3 is 2.76 bits per heavy atom. The molecule has 0 saturated heterocycles. The van der Waals surface area contributed by atoms with Crippen molar-refractivity contribution in [1.82, 2.24) is 9.97 Å². The third kappa shape index (κ3) is 2.87. The molecule has 0 spiro atoms. The van der Waals surface area contributed by atoms with Crippen LogP contribution in [-0.2, 0) is 0 Å². The van der Waals surface area contributed by atoms with Crippen molar-refractivity contribution in [3.63, 3.8) is 0 Å².